The van der Waals surface area contributed by atoms with E-state index in [-0.39, 0.29) is 17.7 Å². The number of carboxylic acid groups (broad SMARTS) is 1. The van der Waals surface area contributed by atoms with Crippen molar-refractivity contribution in [3.8, 4) is 0 Å². The van der Waals surface area contributed by atoms with Crippen LogP contribution >= 0.6 is 0 Å². The molecule has 7 heteroatoms. The minimum Gasteiger partial charge on any atom is -0.480 e. The molecule has 0 fully saturated rings. The number of amides is 1. The second kappa shape index (κ2) is 6.46. The van der Waals surface area contributed by atoms with Crippen molar-refractivity contribution in [2.45, 2.75) is 19.4 Å². The second-order valence-corrected chi connectivity index (χ2v) is 4.15. The minimum absolute atomic E-state index is 0.0395. The first-order chi connectivity index (χ1) is 9.36. The Labute approximate surface area is 115 Å². The highest BCUT2D eigenvalue weighted by Gasteiger charge is 2.21. The summed E-state index contributed by atoms with van der Waals surface area (Å²) in [7, 11) is 0. The highest BCUT2D eigenvalue weighted by molar-refractivity contribution is 5.97. The summed E-state index contributed by atoms with van der Waals surface area (Å²) >= 11 is 0. The number of nitrogens with one attached hydrogen (secondary N) is 1. The molecule has 0 radical (unpaired) electrons. The molecular weight excluding hydrogens is 264 g/mol. The van der Waals surface area contributed by atoms with Crippen molar-refractivity contribution in [1.29, 1.82) is 0 Å². The molecule has 0 bridgehead atoms. The molecule has 1 aromatic carbocycles. The third-order valence-corrected chi connectivity index (χ3v) is 2.67. The van der Waals surface area contributed by atoms with E-state index in [9.17, 15) is 19.7 Å². The third kappa shape index (κ3) is 3.64. The van der Waals surface area contributed by atoms with Crippen LogP contribution in [0.3, 0.4) is 0 Å². The summed E-state index contributed by atoms with van der Waals surface area (Å²) in [6.07, 6.45) is 1.44. The summed E-state index contributed by atoms with van der Waals surface area (Å²) in [4.78, 5) is 33.0. The fourth-order valence-electron chi connectivity index (χ4n) is 1.58. The zero-order valence-electron chi connectivity index (χ0n) is 10.8. The van der Waals surface area contributed by atoms with Crippen molar-refractivity contribution in [2.24, 2.45) is 0 Å². The van der Waals surface area contributed by atoms with Crippen molar-refractivity contribution < 1.29 is 19.6 Å². The first-order valence-electron chi connectivity index (χ1n) is 5.76. The first kappa shape index (κ1) is 15.4. The van der Waals surface area contributed by atoms with Gasteiger partial charge in [-0.05, 0) is 19.4 Å². The smallest absolute Gasteiger partial charge is 0.326 e. The lowest BCUT2D eigenvalue weighted by atomic mass is 10.1. The van der Waals surface area contributed by atoms with Gasteiger partial charge in [-0.1, -0.05) is 12.1 Å². The maximum Gasteiger partial charge on any atom is 0.326 e. The summed E-state index contributed by atoms with van der Waals surface area (Å²) < 4.78 is 0. The van der Waals surface area contributed by atoms with Gasteiger partial charge < -0.3 is 10.4 Å². The van der Waals surface area contributed by atoms with Gasteiger partial charge in [0.25, 0.3) is 11.6 Å². The zero-order chi connectivity index (χ0) is 15.3. The molecule has 2 N–H and O–H groups in total. The van der Waals surface area contributed by atoms with Crippen LogP contribution < -0.4 is 5.32 Å². The Kier molecular flexibility index (Phi) is 4.96. The largest absolute Gasteiger partial charge is 0.480 e. The first-order valence-corrected chi connectivity index (χ1v) is 5.76. The molecule has 0 saturated carbocycles. The van der Waals surface area contributed by atoms with Crippen LogP contribution in [-0.4, -0.2) is 27.9 Å². The molecule has 106 valence electrons. The van der Waals surface area contributed by atoms with Crippen molar-refractivity contribution in [2.75, 3.05) is 0 Å². The van der Waals surface area contributed by atoms with Gasteiger partial charge in [0.1, 0.15) is 6.04 Å². The molecule has 7 nitrogen and oxygen atoms in total. The maximum absolute atomic E-state index is 11.9. The third-order valence-electron chi connectivity index (χ3n) is 2.67. The van der Waals surface area contributed by atoms with E-state index >= 15 is 0 Å². The van der Waals surface area contributed by atoms with Gasteiger partial charge in [0.15, 0.2) is 0 Å². The van der Waals surface area contributed by atoms with Gasteiger partial charge in [0.05, 0.1) is 4.92 Å². The quantitative estimate of drug-likeness (QED) is 0.467. The van der Waals surface area contributed by atoms with E-state index < -0.39 is 22.8 Å². The van der Waals surface area contributed by atoms with Gasteiger partial charge in [0, 0.05) is 17.2 Å². The minimum atomic E-state index is -1.19. The Hall–Kier alpha value is -2.70. The van der Waals surface area contributed by atoms with E-state index in [2.05, 4.69) is 11.9 Å². The molecule has 0 aliphatic heterocycles. The van der Waals surface area contributed by atoms with E-state index in [1.807, 2.05) is 0 Å². The molecule has 1 unspecified atom stereocenters. The molecule has 20 heavy (non-hydrogen) atoms. The number of nitro groups is 1. The molecule has 0 aliphatic rings. The van der Waals surface area contributed by atoms with Crippen LogP contribution in [0.25, 0.3) is 0 Å². The molecule has 0 spiro atoms. The Morgan fingerprint density at radius 2 is 2.20 bits per heavy atom. The number of carbonyl (C=O) groups excluding carboxylic acids is 1. The predicted octanol–water partition coefficient (Wildman–Crippen LogP) is 1.66. The number of nitrogens with zero attached hydrogens (tertiary/aromatic N) is 1. The molecule has 0 aromatic heterocycles. The summed E-state index contributed by atoms with van der Waals surface area (Å²) in [6.45, 7) is 4.96. The lowest BCUT2D eigenvalue weighted by molar-refractivity contribution is -0.385. The van der Waals surface area contributed by atoms with Gasteiger partial charge >= 0.3 is 5.97 Å². The number of benzene rings is 1. The molecular formula is C13H14N2O5. The van der Waals surface area contributed by atoms with E-state index in [1.165, 1.54) is 18.2 Å². The number of carboxylic acids is 1. The maximum atomic E-state index is 11.9. The second-order valence-electron chi connectivity index (χ2n) is 4.15. The Bertz CT molecular complexity index is 568. The van der Waals surface area contributed by atoms with Crippen LogP contribution in [0.5, 0.6) is 0 Å². The SMILES string of the molecule is C=CCC(NC(=O)c1ccc(C)c([N+](=O)[O-])c1)C(=O)O. The number of hydrogen-bond donors (Lipinski definition) is 2. The summed E-state index contributed by atoms with van der Waals surface area (Å²) in [5.74, 6) is -1.87. The number of hydrogen-bond acceptors (Lipinski definition) is 4. The van der Waals surface area contributed by atoms with Crippen molar-refractivity contribution in [3.05, 3.63) is 52.1 Å². The summed E-state index contributed by atoms with van der Waals surface area (Å²) in [5, 5.41) is 22.0. The summed E-state index contributed by atoms with van der Waals surface area (Å²) in [6, 6.07) is 2.86. The van der Waals surface area contributed by atoms with Crippen LogP contribution in [0.1, 0.15) is 22.3 Å². The Balaban J connectivity index is 2.97. The van der Waals surface area contributed by atoms with Gasteiger partial charge in [-0.25, -0.2) is 4.79 Å². The Morgan fingerprint density at radius 1 is 1.55 bits per heavy atom. The average molecular weight is 278 g/mol. The highest BCUT2D eigenvalue weighted by atomic mass is 16.6. The molecule has 0 heterocycles. The van der Waals surface area contributed by atoms with Gasteiger partial charge in [-0.3, -0.25) is 14.9 Å². The highest BCUT2D eigenvalue weighted by Crippen LogP contribution is 2.19. The van der Waals surface area contributed by atoms with Crippen LogP contribution in [0.4, 0.5) is 5.69 Å². The van der Waals surface area contributed by atoms with E-state index in [1.54, 1.807) is 6.92 Å². The topological polar surface area (TPSA) is 110 Å². The van der Waals surface area contributed by atoms with Crippen molar-refractivity contribution >= 4 is 17.6 Å². The molecule has 0 aliphatic carbocycles. The molecule has 1 aromatic rings. The molecule has 1 rings (SSSR count). The normalized spacial score (nSPS) is 11.4. The lowest BCUT2D eigenvalue weighted by Gasteiger charge is -2.12. The number of nitro benzene ring substituents is 1. The van der Waals surface area contributed by atoms with Crippen LogP contribution in [0.15, 0.2) is 30.9 Å². The average Bonchev–Trinajstić information content (AvgIpc) is 2.38. The number of carbonyl (C=O) groups is 2. The van der Waals surface area contributed by atoms with Crippen molar-refractivity contribution in [1.82, 2.24) is 5.32 Å². The molecule has 1 atom stereocenters. The van der Waals surface area contributed by atoms with Gasteiger partial charge in [0.2, 0.25) is 0 Å². The standard InChI is InChI=1S/C13H14N2O5/c1-3-4-10(13(17)18)14-12(16)9-6-5-8(2)11(7-9)15(19)20/h3,5-7,10H,1,4H2,2H3,(H,14,16)(H,17,18). The van der Waals surface area contributed by atoms with Gasteiger partial charge in [-0.2, -0.15) is 0 Å². The van der Waals surface area contributed by atoms with E-state index in [4.69, 9.17) is 5.11 Å². The fraction of sp³-hybridized carbons (Fsp3) is 0.231. The lowest BCUT2D eigenvalue weighted by Crippen LogP contribution is -2.40. The Morgan fingerprint density at radius 3 is 2.70 bits per heavy atom. The van der Waals surface area contributed by atoms with Gasteiger partial charge in [-0.15, -0.1) is 6.58 Å². The van der Waals surface area contributed by atoms with E-state index in [0.717, 1.165) is 6.07 Å². The number of aliphatic carboxylic acids is 1. The number of rotatable bonds is 6. The molecule has 1 amide bonds. The zero-order valence-corrected chi connectivity index (χ0v) is 10.8. The monoisotopic (exact) mass is 278 g/mol. The number of aryl methyl sites for hydroxylation is 1. The van der Waals surface area contributed by atoms with Crippen LogP contribution in [0, 0.1) is 17.0 Å². The fourth-order valence-corrected chi connectivity index (χ4v) is 1.58. The predicted molar refractivity (Wildman–Crippen MR) is 71.5 cm³/mol. The molecule has 0 saturated heterocycles. The van der Waals surface area contributed by atoms with Crippen LogP contribution in [0.2, 0.25) is 0 Å². The van der Waals surface area contributed by atoms with E-state index in [0.29, 0.717) is 5.56 Å². The van der Waals surface area contributed by atoms with Crippen LogP contribution in [-0.2, 0) is 4.79 Å². The van der Waals surface area contributed by atoms with Crippen molar-refractivity contribution in [3.63, 3.8) is 0 Å². The summed E-state index contributed by atoms with van der Waals surface area (Å²) in [5.41, 5.74) is 0.276.